The molecule has 1 saturated heterocycles. The number of hydrogen-bond donors (Lipinski definition) is 2. The highest BCUT2D eigenvalue weighted by molar-refractivity contribution is 7.85. The average Bonchev–Trinajstić information content (AvgIpc) is 2.78. The number of benzene rings is 1. The molecule has 8 heteroatoms. The number of carbonyl (C=O) groups is 2. The maximum atomic E-state index is 12.1. The van der Waals surface area contributed by atoms with Crippen LogP contribution in [0.2, 0.25) is 0 Å². The predicted molar refractivity (Wildman–Crippen MR) is 80.2 cm³/mol. The first-order chi connectivity index (χ1) is 10.2. The topological polar surface area (TPSA) is 104 Å². The first kappa shape index (κ1) is 16.4. The molecule has 7 nitrogen and oxygen atoms in total. The molecule has 0 aromatic heterocycles. The van der Waals surface area contributed by atoms with Crippen molar-refractivity contribution < 1.29 is 22.6 Å². The van der Waals surface area contributed by atoms with Crippen molar-refractivity contribution in [2.45, 2.75) is 31.6 Å². The average molecular weight is 326 g/mol. The van der Waals surface area contributed by atoms with Crippen LogP contribution in [0, 0.1) is 13.8 Å². The second-order valence-electron chi connectivity index (χ2n) is 5.32. The number of aryl methyl sites for hydroxylation is 1. The summed E-state index contributed by atoms with van der Waals surface area (Å²) in [6.07, 6.45) is 1.19. The Morgan fingerprint density at radius 3 is 2.59 bits per heavy atom. The summed E-state index contributed by atoms with van der Waals surface area (Å²) in [6, 6.07) is 2.80. The Morgan fingerprint density at radius 2 is 2.05 bits per heavy atom. The summed E-state index contributed by atoms with van der Waals surface area (Å²) in [5, 5.41) is 2.63. The Labute approximate surface area is 129 Å². The van der Waals surface area contributed by atoms with Crippen LogP contribution in [0.3, 0.4) is 0 Å². The van der Waals surface area contributed by atoms with Gasteiger partial charge in [-0.2, -0.15) is 8.42 Å². The molecule has 2 rings (SSSR count). The van der Waals surface area contributed by atoms with Crippen molar-refractivity contribution >= 4 is 27.6 Å². The number of amides is 2. The van der Waals surface area contributed by atoms with Gasteiger partial charge in [-0.15, -0.1) is 0 Å². The second-order valence-corrected chi connectivity index (χ2v) is 6.71. The number of nitrogens with one attached hydrogen (secondary N) is 1. The molecule has 1 aromatic rings. The molecular formula is C14H18N2O5S. The van der Waals surface area contributed by atoms with Gasteiger partial charge in [0.05, 0.1) is 11.4 Å². The van der Waals surface area contributed by atoms with Crippen LogP contribution in [0.15, 0.2) is 17.0 Å². The fourth-order valence-corrected chi connectivity index (χ4v) is 3.25. The largest absolute Gasteiger partial charge is 0.333 e. The molecular weight excluding hydrogens is 308 g/mol. The standard InChI is InChI=1S/C14H18N2O5S/c1-9-5-6-11(22(19,20)21)10(2)14(9)15-12(17)8-16-7-3-4-13(16)18/h5-6H,3-4,7-8H2,1-2H3,(H,15,17)(H,19,20,21). The van der Waals surface area contributed by atoms with E-state index in [4.69, 9.17) is 0 Å². The summed E-state index contributed by atoms with van der Waals surface area (Å²) < 4.78 is 31.8. The molecule has 1 aliphatic rings. The predicted octanol–water partition coefficient (Wildman–Crippen LogP) is 1.11. The fourth-order valence-electron chi connectivity index (χ4n) is 2.52. The molecule has 0 unspecified atom stereocenters. The first-order valence-corrected chi connectivity index (χ1v) is 8.29. The van der Waals surface area contributed by atoms with Gasteiger partial charge in [0.15, 0.2) is 0 Å². The van der Waals surface area contributed by atoms with Gasteiger partial charge in [-0.05, 0) is 37.5 Å². The summed E-state index contributed by atoms with van der Waals surface area (Å²) >= 11 is 0. The van der Waals surface area contributed by atoms with Gasteiger partial charge in [-0.3, -0.25) is 14.1 Å². The molecule has 0 aliphatic carbocycles. The molecule has 1 aromatic carbocycles. The summed E-state index contributed by atoms with van der Waals surface area (Å²) in [7, 11) is -4.36. The van der Waals surface area contributed by atoms with Gasteiger partial charge in [0.1, 0.15) is 0 Å². The molecule has 1 fully saturated rings. The molecule has 2 N–H and O–H groups in total. The smallest absolute Gasteiger partial charge is 0.294 e. The van der Waals surface area contributed by atoms with Crippen molar-refractivity contribution in [1.82, 2.24) is 4.90 Å². The van der Waals surface area contributed by atoms with Gasteiger partial charge in [0.25, 0.3) is 10.1 Å². The summed E-state index contributed by atoms with van der Waals surface area (Å²) in [5.74, 6) is -0.454. The van der Waals surface area contributed by atoms with E-state index in [1.807, 2.05) is 0 Å². The highest BCUT2D eigenvalue weighted by Gasteiger charge is 2.23. The quantitative estimate of drug-likeness (QED) is 0.807. The van der Waals surface area contributed by atoms with Crippen molar-refractivity contribution in [2.24, 2.45) is 0 Å². The molecule has 0 saturated carbocycles. The van der Waals surface area contributed by atoms with Crippen molar-refractivity contribution in [2.75, 3.05) is 18.4 Å². The van der Waals surface area contributed by atoms with Crippen LogP contribution >= 0.6 is 0 Å². The lowest BCUT2D eigenvalue weighted by molar-refractivity contribution is -0.131. The van der Waals surface area contributed by atoms with Crippen LogP contribution < -0.4 is 5.32 Å². The van der Waals surface area contributed by atoms with Gasteiger partial charge >= 0.3 is 0 Å². The highest BCUT2D eigenvalue weighted by atomic mass is 32.2. The normalized spacial score (nSPS) is 15.2. The van der Waals surface area contributed by atoms with Gasteiger partial charge in [0.2, 0.25) is 11.8 Å². The Bertz CT molecular complexity index is 727. The lowest BCUT2D eigenvalue weighted by Gasteiger charge is -2.18. The van der Waals surface area contributed by atoms with Crippen molar-refractivity contribution in [3.63, 3.8) is 0 Å². The maximum Gasteiger partial charge on any atom is 0.294 e. The number of likely N-dealkylation sites (tertiary alicyclic amines) is 1. The molecule has 0 atom stereocenters. The Balaban J connectivity index is 2.22. The van der Waals surface area contributed by atoms with E-state index < -0.39 is 16.0 Å². The maximum absolute atomic E-state index is 12.1. The highest BCUT2D eigenvalue weighted by Crippen LogP contribution is 2.26. The zero-order chi connectivity index (χ0) is 16.5. The van der Waals surface area contributed by atoms with Crippen LogP contribution in [0.4, 0.5) is 5.69 Å². The van der Waals surface area contributed by atoms with Crippen molar-refractivity contribution in [3.05, 3.63) is 23.3 Å². The van der Waals surface area contributed by atoms with Gasteiger partial charge < -0.3 is 10.2 Å². The number of carbonyl (C=O) groups excluding carboxylic acids is 2. The molecule has 22 heavy (non-hydrogen) atoms. The Kier molecular flexibility index (Phi) is 4.52. The van der Waals surface area contributed by atoms with Gasteiger partial charge in [-0.1, -0.05) is 6.07 Å². The number of anilines is 1. The Hall–Kier alpha value is -1.93. The van der Waals surface area contributed by atoms with Gasteiger partial charge in [0, 0.05) is 18.7 Å². The molecule has 2 amide bonds. The summed E-state index contributed by atoms with van der Waals surface area (Å²) in [4.78, 5) is 24.8. The number of hydrogen-bond acceptors (Lipinski definition) is 4. The van der Waals surface area contributed by atoms with E-state index in [1.165, 1.54) is 24.0 Å². The summed E-state index contributed by atoms with van der Waals surface area (Å²) in [5.41, 5.74) is 1.28. The third-order valence-electron chi connectivity index (χ3n) is 3.67. The Morgan fingerprint density at radius 1 is 1.36 bits per heavy atom. The zero-order valence-corrected chi connectivity index (χ0v) is 13.2. The lowest BCUT2D eigenvalue weighted by atomic mass is 10.1. The minimum absolute atomic E-state index is 0.0599. The minimum Gasteiger partial charge on any atom is -0.333 e. The SMILES string of the molecule is Cc1ccc(S(=O)(=O)O)c(C)c1NC(=O)CN1CCCC1=O. The van der Waals surface area contributed by atoms with Gasteiger partial charge in [-0.25, -0.2) is 0 Å². The molecule has 0 spiro atoms. The third kappa shape index (κ3) is 3.45. The van der Waals surface area contributed by atoms with E-state index in [-0.39, 0.29) is 22.9 Å². The van der Waals surface area contributed by atoms with E-state index in [0.29, 0.717) is 24.2 Å². The fraction of sp³-hybridized carbons (Fsp3) is 0.429. The van der Waals surface area contributed by atoms with Crippen molar-refractivity contribution in [3.8, 4) is 0 Å². The first-order valence-electron chi connectivity index (χ1n) is 6.85. The molecule has 0 radical (unpaired) electrons. The molecule has 1 heterocycles. The van der Waals surface area contributed by atoms with E-state index in [2.05, 4.69) is 5.32 Å². The number of rotatable bonds is 4. The van der Waals surface area contributed by atoms with E-state index in [9.17, 15) is 22.6 Å². The lowest BCUT2D eigenvalue weighted by Crippen LogP contribution is -2.34. The second kappa shape index (κ2) is 6.05. The van der Waals surface area contributed by atoms with E-state index in [0.717, 1.165) is 6.42 Å². The zero-order valence-electron chi connectivity index (χ0n) is 12.4. The van der Waals surface area contributed by atoms with Crippen molar-refractivity contribution in [1.29, 1.82) is 0 Å². The van der Waals surface area contributed by atoms with E-state index >= 15 is 0 Å². The third-order valence-corrected chi connectivity index (χ3v) is 4.67. The number of nitrogens with zero attached hydrogens (tertiary/aromatic N) is 1. The van der Waals surface area contributed by atoms with E-state index in [1.54, 1.807) is 6.92 Å². The van der Waals surface area contributed by atoms with Crippen LogP contribution in [-0.4, -0.2) is 42.8 Å². The van der Waals surface area contributed by atoms with Crippen LogP contribution in [0.25, 0.3) is 0 Å². The van der Waals surface area contributed by atoms with Crippen LogP contribution in [0.1, 0.15) is 24.0 Å². The molecule has 1 aliphatic heterocycles. The molecule has 120 valence electrons. The monoisotopic (exact) mass is 326 g/mol. The van der Waals surface area contributed by atoms with Crippen LogP contribution in [0.5, 0.6) is 0 Å². The summed E-state index contributed by atoms with van der Waals surface area (Å²) in [6.45, 7) is 3.72. The minimum atomic E-state index is -4.36. The molecule has 0 bridgehead atoms. The van der Waals surface area contributed by atoms with Crippen LogP contribution in [-0.2, 0) is 19.7 Å².